The number of aromatic nitrogens is 1. The minimum Gasteiger partial charge on any atom is -0.481 e. The van der Waals surface area contributed by atoms with Crippen molar-refractivity contribution >= 4 is 5.82 Å². The van der Waals surface area contributed by atoms with E-state index in [2.05, 4.69) is 16.8 Å². The van der Waals surface area contributed by atoms with Crippen LogP contribution in [0.15, 0.2) is 12.1 Å². The number of hydrogen-bond acceptors (Lipinski definition) is 4. The standard InChI is InChI=1S/C10H17N3O/c1-7(13(2)3)8-5-6-9(14-4)12-10(8)11/h5-7H,1-4H3,(H2,11,12). The van der Waals surface area contributed by atoms with Crippen LogP contribution in [0.5, 0.6) is 5.88 Å². The molecular weight excluding hydrogens is 178 g/mol. The van der Waals surface area contributed by atoms with E-state index in [0.29, 0.717) is 11.7 Å². The van der Waals surface area contributed by atoms with Gasteiger partial charge in [-0.1, -0.05) is 0 Å². The van der Waals surface area contributed by atoms with E-state index < -0.39 is 0 Å². The van der Waals surface area contributed by atoms with Gasteiger partial charge in [0, 0.05) is 17.7 Å². The Bertz CT molecular complexity index is 312. The number of rotatable bonds is 3. The number of nitrogens with two attached hydrogens (primary N) is 1. The molecule has 0 aliphatic carbocycles. The summed E-state index contributed by atoms with van der Waals surface area (Å²) in [7, 11) is 5.60. The van der Waals surface area contributed by atoms with Gasteiger partial charge in [-0.2, -0.15) is 4.98 Å². The van der Waals surface area contributed by atoms with Gasteiger partial charge in [0.15, 0.2) is 0 Å². The molecule has 1 aromatic rings. The van der Waals surface area contributed by atoms with E-state index in [1.807, 2.05) is 26.2 Å². The molecule has 1 rings (SSSR count). The Morgan fingerprint density at radius 1 is 1.43 bits per heavy atom. The smallest absolute Gasteiger partial charge is 0.214 e. The number of pyridine rings is 1. The lowest BCUT2D eigenvalue weighted by atomic mass is 10.1. The van der Waals surface area contributed by atoms with Gasteiger partial charge in [0.25, 0.3) is 0 Å². The SMILES string of the molecule is COc1ccc(C(C)N(C)C)c(N)n1. The van der Waals surface area contributed by atoms with E-state index in [4.69, 9.17) is 10.5 Å². The van der Waals surface area contributed by atoms with Crippen molar-refractivity contribution in [2.75, 3.05) is 26.9 Å². The lowest BCUT2D eigenvalue weighted by Crippen LogP contribution is -2.18. The van der Waals surface area contributed by atoms with Crippen LogP contribution in [0.25, 0.3) is 0 Å². The van der Waals surface area contributed by atoms with E-state index >= 15 is 0 Å². The fourth-order valence-corrected chi connectivity index (χ4v) is 1.21. The maximum Gasteiger partial charge on any atom is 0.214 e. The maximum absolute atomic E-state index is 5.82. The largest absolute Gasteiger partial charge is 0.481 e. The molecule has 4 nitrogen and oxygen atoms in total. The lowest BCUT2D eigenvalue weighted by Gasteiger charge is -2.21. The first-order valence-corrected chi connectivity index (χ1v) is 4.53. The molecule has 0 aromatic carbocycles. The Kier molecular flexibility index (Phi) is 3.30. The second-order valence-electron chi connectivity index (χ2n) is 3.47. The van der Waals surface area contributed by atoms with Crippen LogP contribution in [-0.2, 0) is 0 Å². The zero-order chi connectivity index (χ0) is 10.7. The van der Waals surface area contributed by atoms with Gasteiger partial charge in [-0.15, -0.1) is 0 Å². The highest BCUT2D eigenvalue weighted by atomic mass is 16.5. The van der Waals surface area contributed by atoms with Crippen molar-refractivity contribution in [1.29, 1.82) is 0 Å². The Morgan fingerprint density at radius 3 is 2.50 bits per heavy atom. The van der Waals surface area contributed by atoms with Gasteiger partial charge in [0.1, 0.15) is 5.82 Å². The molecule has 0 bridgehead atoms. The molecule has 0 aliphatic rings. The summed E-state index contributed by atoms with van der Waals surface area (Å²) in [5, 5.41) is 0. The van der Waals surface area contributed by atoms with E-state index in [0.717, 1.165) is 5.56 Å². The summed E-state index contributed by atoms with van der Waals surface area (Å²) < 4.78 is 4.99. The number of hydrogen-bond donors (Lipinski definition) is 1. The quantitative estimate of drug-likeness (QED) is 0.789. The summed E-state index contributed by atoms with van der Waals surface area (Å²) in [6.07, 6.45) is 0. The number of ether oxygens (including phenoxy) is 1. The molecule has 14 heavy (non-hydrogen) atoms. The molecular formula is C10H17N3O. The summed E-state index contributed by atoms with van der Waals surface area (Å²) >= 11 is 0. The van der Waals surface area contributed by atoms with E-state index in [-0.39, 0.29) is 6.04 Å². The third kappa shape index (κ3) is 2.14. The molecule has 0 fully saturated rings. The summed E-state index contributed by atoms with van der Waals surface area (Å²) in [6, 6.07) is 4.03. The highest BCUT2D eigenvalue weighted by Crippen LogP contribution is 2.24. The second kappa shape index (κ2) is 4.28. The minimum absolute atomic E-state index is 0.258. The molecule has 1 atom stereocenters. The van der Waals surface area contributed by atoms with E-state index in [1.165, 1.54) is 0 Å². The predicted molar refractivity (Wildman–Crippen MR) is 57.3 cm³/mol. The van der Waals surface area contributed by atoms with Crippen LogP contribution < -0.4 is 10.5 Å². The van der Waals surface area contributed by atoms with Crippen LogP contribution in [-0.4, -0.2) is 31.1 Å². The van der Waals surface area contributed by atoms with Crippen LogP contribution in [0.2, 0.25) is 0 Å². The molecule has 0 radical (unpaired) electrons. The summed E-state index contributed by atoms with van der Waals surface area (Å²) in [5.41, 5.74) is 6.84. The van der Waals surface area contributed by atoms with Gasteiger partial charge in [-0.3, -0.25) is 0 Å². The van der Waals surface area contributed by atoms with Crippen LogP contribution in [0.1, 0.15) is 18.5 Å². The van der Waals surface area contributed by atoms with E-state index in [1.54, 1.807) is 7.11 Å². The van der Waals surface area contributed by atoms with Crippen molar-refractivity contribution in [2.45, 2.75) is 13.0 Å². The maximum atomic E-state index is 5.82. The van der Waals surface area contributed by atoms with Crippen molar-refractivity contribution < 1.29 is 4.74 Å². The minimum atomic E-state index is 0.258. The second-order valence-corrected chi connectivity index (χ2v) is 3.47. The number of nitrogen functional groups attached to an aromatic ring is 1. The van der Waals surface area contributed by atoms with Crippen molar-refractivity contribution in [2.24, 2.45) is 0 Å². The first kappa shape index (κ1) is 10.8. The molecule has 2 N–H and O–H groups in total. The Labute approximate surface area is 84.7 Å². The average Bonchev–Trinajstić information content (AvgIpc) is 2.16. The van der Waals surface area contributed by atoms with Gasteiger partial charge in [0.05, 0.1) is 7.11 Å². The fourth-order valence-electron chi connectivity index (χ4n) is 1.21. The third-order valence-electron chi connectivity index (χ3n) is 2.37. The first-order chi connectivity index (χ1) is 6.56. The topological polar surface area (TPSA) is 51.4 Å². The zero-order valence-electron chi connectivity index (χ0n) is 9.11. The van der Waals surface area contributed by atoms with Crippen molar-refractivity contribution in [3.63, 3.8) is 0 Å². The number of nitrogens with zero attached hydrogens (tertiary/aromatic N) is 2. The third-order valence-corrected chi connectivity index (χ3v) is 2.37. The van der Waals surface area contributed by atoms with Crippen molar-refractivity contribution in [3.05, 3.63) is 17.7 Å². The monoisotopic (exact) mass is 195 g/mol. The highest BCUT2D eigenvalue weighted by Gasteiger charge is 2.12. The molecule has 1 unspecified atom stereocenters. The normalized spacial score (nSPS) is 12.9. The molecule has 0 amide bonds. The van der Waals surface area contributed by atoms with Gasteiger partial charge in [-0.05, 0) is 27.1 Å². The van der Waals surface area contributed by atoms with Crippen molar-refractivity contribution in [1.82, 2.24) is 9.88 Å². The van der Waals surface area contributed by atoms with Crippen LogP contribution in [0.4, 0.5) is 5.82 Å². The summed E-state index contributed by atoms with van der Waals surface area (Å²) in [6.45, 7) is 2.08. The summed E-state index contributed by atoms with van der Waals surface area (Å²) in [5.74, 6) is 1.09. The van der Waals surface area contributed by atoms with E-state index in [9.17, 15) is 0 Å². The van der Waals surface area contributed by atoms with Crippen LogP contribution in [0, 0.1) is 0 Å². The Morgan fingerprint density at radius 2 is 2.07 bits per heavy atom. The van der Waals surface area contributed by atoms with Gasteiger partial charge >= 0.3 is 0 Å². The molecule has 1 heterocycles. The molecule has 0 spiro atoms. The Hall–Kier alpha value is -1.29. The highest BCUT2D eigenvalue weighted by molar-refractivity contribution is 5.43. The molecule has 78 valence electrons. The van der Waals surface area contributed by atoms with Gasteiger partial charge < -0.3 is 15.4 Å². The molecule has 4 heteroatoms. The first-order valence-electron chi connectivity index (χ1n) is 4.53. The molecule has 0 saturated carbocycles. The van der Waals surface area contributed by atoms with Crippen LogP contribution in [0.3, 0.4) is 0 Å². The van der Waals surface area contributed by atoms with Crippen LogP contribution >= 0.6 is 0 Å². The summed E-state index contributed by atoms with van der Waals surface area (Å²) in [4.78, 5) is 6.21. The number of anilines is 1. The lowest BCUT2D eigenvalue weighted by molar-refractivity contribution is 0.320. The Balaban J connectivity index is 2.99. The fraction of sp³-hybridized carbons (Fsp3) is 0.500. The predicted octanol–water partition coefficient (Wildman–Crippen LogP) is 1.29. The van der Waals surface area contributed by atoms with Gasteiger partial charge in [-0.25, -0.2) is 0 Å². The zero-order valence-corrected chi connectivity index (χ0v) is 9.11. The average molecular weight is 195 g/mol. The molecule has 1 aromatic heterocycles. The van der Waals surface area contributed by atoms with Gasteiger partial charge in [0.2, 0.25) is 5.88 Å². The number of methoxy groups -OCH3 is 1. The van der Waals surface area contributed by atoms with Crippen molar-refractivity contribution in [3.8, 4) is 5.88 Å². The molecule has 0 aliphatic heterocycles. The molecule has 0 saturated heterocycles.